The predicted molar refractivity (Wildman–Crippen MR) is 222 cm³/mol. The summed E-state index contributed by atoms with van der Waals surface area (Å²) in [5, 5.41) is 10.7. The minimum absolute atomic E-state index is 0. The van der Waals surface area contributed by atoms with Gasteiger partial charge in [0.25, 0.3) is 0 Å². The maximum atomic E-state index is 14.7. The van der Waals surface area contributed by atoms with Gasteiger partial charge in [-0.3, -0.25) is 24.1 Å². The Morgan fingerprint density at radius 1 is 0.545 bits per heavy atom. The maximum absolute atomic E-state index is 14.7. The van der Waals surface area contributed by atoms with Gasteiger partial charge in [0.1, 0.15) is 0 Å². The van der Waals surface area contributed by atoms with Gasteiger partial charge in [0.2, 0.25) is 17.4 Å². The Morgan fingerprint density at radius 2 is 0.873 bits per heavy atom. The summed E-state index contributed by atoms with van der Waals surface area (Å²) in [6.07, 6.45) is 27.4. The molecular formula is C45H85KN2O7. The van der Waals surface area contributed by atoms with E-state index in [9.17, 15) is 29.1 Å². The van der Waals surface area contributed by atoms with Crippen LogP contribution in [0.3, 0.4) is 0 Å². The molecule has 2 atom stereocenters. The number of amides is 2. The standard InChI is InChI=1S/C45H84N2O7.K.H/c1-5-9-12-15-18-21-24-27-30-35-40(48)45(44(53)54-8-4,39(43(51)52)34-33-38-46)47(41(49)36-31-28-25-22-19-16-13-10-6-2)42(50)37-32-29-26-23-20-17-14-11-7-3;;/h39H,5-38,46H2,1-4H3,(H,51,52);;/q;+1;-1/t39?,45-;;/m1../s1. The fraction of sp³-hybridized carbons (Fsp3) is 0.889. The first kappa shape index (κ1) is 56.4. The molecule has 318 valence electrons. The molecule has 0 aliphatic heterocycles. The molecule has 0 radical (unpaired) electrons. The molecule has 0 aliphatic carbocycles. The molecular weight excluding hydrogens is 720 g/mol. The number of ketones is 1. The van der Waals surface area contributed by atoms with Crippen molar-refractivity contribution in [1.82, 2.24) is 4.90 Å². The van der Waals surface area contributed by atoms with Crippen LogP contribution in [-0.4, -0.2) is 58.2 Å². The summed E-state index contributed by atoms with van der Waals surface area (Å²) in [6, 6.07) is 0. The molecule has 0 aliphatic rings. The van der Waals surface area contributed by atoms with E-state index in [1.165, 1.54) is 77.0 Å². The van der Waals surface area contributed by atoms with Crippen LogP contribution >= 0.6 is 0 Å². The van der Waals surface area contributed by atoms with Gasteiger partial charge in [-0.2, -0.15) is 0 Å². The predicted octanol–water partition coefficient (Wildman–Crippen LogP) is 8.53. The van der Waals surface area contributed by atoms with Gasteiger partial charge in [0, 0.05) is 19.3 Å². The van der Waals surface area contributed by atoms with Crippen LogP contribution in [0.2, 0.25) is 0 Å². The first-order chi connectivity index (χ1) is 26.2. The number of hydrogen-bond donors (Lipinski definition) is 2. The van der Waals surface area contributed by atoms with Crippen LogP contribution in [0.1, 0.15) is 235 Å². The van der Waals surface area contributed by atoms with E-state index in [2.05, 4.69) is 20.8 Å². The summed E-state index contributed by atoms with van der Waals surface area (Å²) < 4.78 is 5.51. The molecule has 2 amide bonds. The number of carbonyl (C=O) groups is 5. The van der Waals surface area contributed by atoms with Crippen LogP contribution in [-0.2, 0) is 28.7 Å². The minimum atomic E-state index is -2.58. The van der Waals surface area contributed by atoms with E-state index in [-0.39, 0.29) is 98.1 Å². The number of nitrogens with two attached hydrogens (primary N) is 1. The monoisotopic (exact) mass is 805 g/mol. The molecule has 0 saturated heterocycles. The van der Waals surface area contributed by atoms with Gasteiger partial charge in [-0.1, -0.05) is 175 Å². The molecule has 0 fully saturated rings. The van der Waals surface area contributed by atoms with Gasteiger partial charge in [-0.15, -0.1) is 0 Å². The SMILES string of the molecule is CCCCCCCCCCCC(=O)N(C(=O)CCCCCCCCCCC)[C@](C(=O)CCCCCCCCCCC)(C(=O)OCC)C(CCCN)C(=O)O.[H-].[K+]. The zero-order valence-electron chi connectivity index (χ0n) is 37.5. The Hall–Kier alpha value is -0.654. The van der Waals surface area contributed by atoms with Gasteiger partial charge in [-0.25, -0.2) is 4.79 Å². The zero-order chi connectivity index (χ0) is 40.3. The summed E-state index contributed by atoms with van der Waals surface area (Å²) in [5.74, 6) is -6.22. The molecule has 55 heavy (non-hydrogen) atoms. The Labute approximate surface area is 381 Å². The van der Waals surface area contributed by atoms with E-state index < -0.39 is 41.0 Å². The third kappa shape index (κ3) is 24.8. The molecule has 0 heterocycles. The summed E-state index contributed by atoms with van der Waals surface area (Å²) in [7, 11) is 0. The largest absolute Gasteiger partial charge is 1.00 e. The van der Waals surface area contributed by atoms with Gasteiger partial charge in [0.05, 0.1) is 12.5 Å². The Kier molecular flexibility index (Phi) is 39.9. The van der Waals surface area contributed by atoms with Gasteiger partial charge in [0.15, 0.2) is 5.78 Å². The Balaban J connectivity index is -0.0000140. The number of hydrogen-bond acceptors (Lipinski definition) is 7. The third-order valence-electron chi connectivity index (χ3n) is 10.9. The molecule has 0 bridgehead atoms. The third-order valence-corrected chi connectivity index (χ3v) is 10.9. The number of rotatable bonds is 39. The molecule has 0 aromatic rings. The number of imide groups is 1. The molecule has 3 N–H and O–H groups in total. The average Bonchev–Trinajstić information content (AvgIpc) is 3.15. The van der Waals surface area contributed by atoms with E-state index in [1.807, 2.05) is 0 Å². The Bertz CT molecular complexity index is 968. The summed E-state index contributed by atoms with van der Waals surface area (Å²) in [4.78, 5) is 71.6. The molecule has 0 saturated carbocycles. The van der Waals surface area contributed by atoms with Crippen LogP contribution in [0.25, 0.3) is 0 Å². The van der Waals surface area contributed by atoms with Crippen molar-refractivity contribution >= 4 is 29.5 Å². The molecule has 10 heteroatoms. The van der Waals surface area contributed by atoms with Crippen molar-refractivity contribution in [2.24, 2.45) is 11.7 Å². The van der Waals surface area contributed by atoms with Crippen LogP contribution in [0.4, 0.5) is 0 Å². The number of aliphatic carboxylic acids is 1. The second-order valence-electron chi connectivity index (χ2n) is 15.6. The van der Waals surface area contributed by atoms with Gasteiger partial charge >= 0.3 is 63.3 Å². The van der Waals surface area contributed by atoms with Crippen LogP contribution < -0.4 is 57.1 Å². The van der Waals surface area contributed by atoms with Crippen molar-refractivity contribution in [3.63, 3.8) is 0 Å². The van der Waals surface area contributed by atoms with E-state index in [1.54, 1.807) is 6.92 Å². The van der Waals surface area contributed by atoms with Crippen molar-refractivity contribution in [2.45, 2.75) is 239 Å². The summed E-state index contributed by atoms with van der Waals surface area (Å²) >= 11 is 0. The summed E-state index contributed by atoms with van der Waals surface area (Å²) in [5.41, 5.74) is 3.25. The minimum Gasteiger partial charge on any atom is -1.00 e. The second kappa shape index (κ2) is 38.8. The van der Waals surface area contributed by atoms with E-state index >= 15 is 0 Å². The van der Waals surface area contributed by atoms with Crippen LogP contribution in [0, 0.1) is 5.92 Å². The number of Topliss-reactive ketones (excluding diaryl/α,β-unsaturated/α-hetero) is 1. The van der Waals surface area contributed by atoms with Crippen molar-refractivity contribution in [2.75, 3.05) is 13.2 Å². The van der Waals surface area contributed by atoms with Crippen LogP contribution in [0.5, 0.6) is 0 Å². The quantitative estimate of drug-likeness (QED) is 0.0273. The number of carboxylic acids is 1. The molecule has 0 aromatic heterocycles. The van der Waals surface area contributed by atoms with Crippen molar-refractivity contribution in [3.8, 4) is 0 Å². The number of unbranched alkanes of at least 4 members (excludes halogenated alkanes) is 24. The number of esters is 1. The molecule has 1 unspecified atom stereocenters. The van der Waals surface area contributed by atoms with E-state index in [0.29, 0.717) is 19.3 Å². The van der Waals surface area contributed by atoms with Crippen molar-refractivity contribution in [1.29, 1.82) is 0 Å². The molecule has 0 aromatic carbocycles. The smallest absolute Gasteiger partial charge is 1.00 e. The number of nitrogens with zero attached hydrogens (tertiary/aromatic N) is 1. The first-order valence-electron chi connectivity index (χ1n) is 22.7. The zero-order valence-corrected chi connectivity index (χ0v) is 39.7. The van der Waals surface area contributed by atoms with Crippen LogP contribution in [0.15, 0.2) is 0 Å². The molecule has 0 spiro atoms. The first-order valence-corrected chi connectivity index (χ1v) is 22.7. The average molecular weight is 805 g/mol. The normalized spacial score (nSPS) is 12.7. The number of carboxylic acid groups (broad SMARTS) is 1. The van der Waals surface area contributed by atoms with E-state index in [0.717, 1.165) is 81.9 Å². The van der Waals surface area contributed by atoms with Crippen molar-refractivity contribution in [3.05, 3.63) is 0 Å². The van der Waals surface area contributed by atoms with E-state index in [4.69, 9.17) is 10.5 Å². The number of carbonyl (C=O) groups excluding carboxylic acids is 4. The molecule has 9 nitrogen and oxygen atoms in total. The second-order valence-corrected chi connectivity index (χ2v) is 15.6. The van der Waals surface area contributed by atoms with Gasteiger partial charge in [-0.05, 0) is 45.6 Å². The Morgan fingerprint density at radius 3 is 1.18 bits per heavy atom. The topological polar surface area (TPSA) is 144 Å². The maximum Gasteiger partial charge on any atom is 1.00 e. The molecule has 0 rings (SSSR count). The van der Waals surface area contributed by atoms with Gasteiger partial charge < -0.3 is 17.0 Å². The summed E-state index contributed by atoms with van der Waals surface area (Å²) in [6.45, 7) is 8.17. The van der Waals surface area contributed by atoms with Crippen molar-refractivity contribution < 1.29 is 86.6 Å². The fourth-order valence-corrected chi connectivity index (χ4v) is 7.61. The fourth-order valence-electron chi connectivity index (χ4n) is 7.61. The number of ether oxygens (including phenoxy) is 1.